The number of rotatable bonds is 4. The van der Waals surface area contributed by atoms with Crippen molar-refractivity contribution in [2.24, 2.45) is 7.05 Å². The van der Waals surface area contributed by atoms with E-state index in [1.54, 1.807) is 18.0 Å². The second-order valence-corrected chi connectivity index (χ2v) is 7.21. The molecule has 0 spiro atoms. The molecule has 0 radical (unpaired) electrons. The molecule has 1 aromatic heterocycles. The number of aromatic nitrogens is 2. The second-order valence-electron chi connectivity index (χ2n) is 5.79. The Morgan fingerprint density at radius 3 is 2.65 bits per heavy atom. The fraction of sp³-hybridized carbons (Fsp3) is 0.400. The van der Waals surface area contributed by atoms with Crippen LogP contribution in [0.15, 0.2) is 40.6 Å². The van der Waals surface area contributed by atoms with Crippen molar-refractivity contribution >= 4 is 23.4 Å². The number of benzene rings is 1. The lowest BCUT2D eigenvalue weighted by atomic mass is 10.1. The van der Waals surface area contributed by atoms with Crippen LogP contribution in [0, 0.1) is 0 Å². The minimum atomic E-state index is 0.104. The maximum Gasteiger partial charge on any atom is 0.172 e. The van der Waals surface area contributed by atoms with Gasteiger partial charge >= 0.3 is 0 Å². The number of hydrogen-bond donors (Lipinski definition) is 1. The molecule has 0 atom stereocenters. The van der Waals surface area contributed by atoms with E-state index in [4.69, 9.17) is 11.6 Å². The smallest absolute Gasteiger partial charge is 0.172 e. The Labute approximate surface area is 129 Å². The van der Waals surface area contributed by atoms with Gasteiger partial charge in [-0.2, -0.15) is 0 Å². The van der Waals surface area contributed by atoms with Crippen LogP contribution in [0.25, 0.3) is 0 Å². The first-order valence-corrected chi connectivity index (χ1v) is 7.73. The van der Waals surface area contributed by atoms with Crippen molar-refractivity contribution in [2.75, 3.05) is 0 Å². The molecule has 0 fully saturated rings. The van der Waals surface area contributed by atoms with Gasteiger partial charge in [-0.25, -0.2) is 4.98 Å². The number of halogens is 1. The average Bonchev–Trinajstić information content (AvgIpc) is 2.75. The summed E-state index contributed by atoms with van der Waals surface area (Å²) >= 11 is 7.94. The average molecular weight is 310 g/mol. The van der Waals surface area contributed by atoms with E-state index in [1.165, 1.54) is 5.56 Å². The molecule has 0 saturated heterocycles. The predicted octanol–water partition coefficient (Wildman–Crippen LogP) is 4.11. The molecule has 0 amide bonds. The highest BCUT2D eigenvalue weighted by molar-refractivity contribution is 7.99. The zero-order valence-corrected chi connectivity index (χ0v) is 13.8. The molecule has 1 aromatic carbocycles. The van der Waals surface area contributed by atoms with Crippen LogP contribution >= 0.6 is 23.4 Å². The van der Waals surface area contributed by atoms with Gasteiger partial charge in [-0.1, -0.05) is 29.4 Å². The number of nitrogens with one attached hydrogen (secondary N) is 1. The maximum absolute atomic E-state index is 6.36. The van der Waals surface area contributed by atoms with Crippen LogP contribution in [0.2, 0.25) is 5.02 Å². The Hall–Kier alpha value is -0.970. The van der Waals surface area contributed by atoms with Crippen LogP contribution in [-0.4, -0.2) is 15.1 Å². The van der Waals surface area contributed by atoms with Crippen molar-refractivity contribution in [1.29, 1.82) is 0 Å². The van der Waals surface area contributed by atoms with Gasteiger partial charge in [0.2, 0.25) is 0 Å². The lowest BCUT2D eigenvalue weighted by Crippen LogP contribution is -2.35. The van der Waals surface area contributed by atoms with Crippen LogP contribution in [0.4, 0.5) is 0 Å². The van der Waals surface area contributed by atoms with Crippen molar-refractivity contribution in [3.05, 3.63) is 41.2 Å². The highest BCUT2D eigenvalue weighted by Gasteiger charge is 2.10. The predicted molar refractivity (Wildman–Crippen MR) is 85.4 cm³/mol. The summed E-state index contributed by atoms with van der Waals surface area (Å²) < 4.78 is 1.98. The molecule has 0 bridgehead atoms. The van der Waals surface area contributed by atoms with Gasteiger partial charge < -0.3 is 9.88 Å². The molecule has 20 heavy (non-hydrogen) atoms. The third-order valence-corrected chi connectivity index (χ3v) is 4.37. The van der Waals surface area contributed by atoms with E-state index in [0.29, 0.717) is 0 Å². The van der Waals surface area contributed by atoms with Gasteiger partial charge in [0.1, 0.15) is 0 Å². The van der Waals surface area contributed by atoms with Crippen LogP contribution < -0.4 is 5.32 Å². The molecule has 0 aliphatic carbocycles. The van der Waals surface area contributed by atoms with E-state index in [2.05, 4.69) is 43.2 Å². The van der Waals surface area contributed by atoms with Gasteiger partial charge in [0.25, 0.3) is 0 Å². The van der Waals surface area contributed by atoms with E-state index >= 15 is 0 Å². The molecule has 108 valence electrons. The molecular formula is C15H20ClN3S. The summed E-state index contributed by atoms with van der Waals surface area (Å²) in [4.78, 5) is 5.33. The monoisotopic (exact) mass is 309 g/mol. The highest BCUT2D eigenvalue weighted by Crippen LogP contribution is 2.32. The van der Waals surface area contributed by atoms with Gasteiger partial charge in [-0.15, -0.1) is 0 Å². The largest absolute Gasteiger partial charge is 0.329 e. The van der Waals surface area contributed by atoms with Crippen LogP contribution in [-0.2, 0) is 13.6 Å². The third kappa shape index (κ3) is 4.27. The molecule has 1 heterocycles. The van der Waals surface area contributed by atoms with Crippen molar-refractivity contribution in [1.82, 2.24) is 14.9 Å². The Kier molecular flexibility index (Phi) is 4.78. The fourth-order valence-electron chi connectivity index (χ4n) is 1.65. The molecule has 0 aliphatic heterocycles. The summed E-state index contributed by atoms with van der Waals surface area (Å²) in [5.41, 5.74) is 1.29. The SMILES string of the molecule is Cn1ccnc1Sc1ccc(CNC(C)(C)C)cc1Cl. The van der Waals surface area contributed by atoms with Crippen molar-refractivity contribution in [3.8, 4) is 0 Å². The molecule has 3 nitrogen and oxygen atoms in total. The summed E-state index contributed by atoms with van der Waals surface area (Å²) in [6.45, 7) is 7.27. The number of hydrogen-bond acceptors (Lipinski definition) is 3. The summed E-state index contributed by atoms with van der Waals surface area (Å²) in [6.07, 6.45) is 3.72. The van der Waals surface area contributed by atoms with Gasteiger partial charge in [-0.05, 0) is 38.5 Å². The zero-order valence-electron chi connectivity index (χ0n) is 12.3. The van der Waals surface area contributed by atoms with Crippen molar-refractivity contribution < 1.29 is 0 Å². The van der Waals surface area contributed by atoms with E-state index in [-0.39, 0.29) is 5.54 Å². The first-order chi connectivity index (χ1) is 9.35. The topological polar surface area (TPSA) is 29.9 Å². The van der Waals surface area contributed by atoms with E-state index in [9.17, 15) is 0 Å². The third-order valence-electron chi connectivity index (χ3n) is 2.80. The van der Waals surface area contributed by atoms with Gasteiger partial charge in [-0.3, -0.25) is 0 Å². The molecule has 0 saturated carbocycles. The fourth-order valence-corrected chi connectivity index (χ4v) is 2.78. The number of imidazole rings is 1. The van der Waals surface area contributed by atoms with Crippen molar-refractivity contribution in [3.63, 3.8) is 0 Å². The number of nitrogens with zero attached hydrogens (tertiary/aromatic N) is 2. The second kappa shape index (κ2) is 6.20. The van der Waals surface area contributed by atoms with Crippen molar-refractivity contribution in [2.45, 2.75) is 42.9 Å². The molecule has 5 heteroatoms. The molecule has 0 unspecified atom stereocenters. The Bertz CT molecular complexity index is 587. The molecule has 1 N–H and O–H groups in total. The molecule has 2 aromatic rings. The highest BCUT2D eigenvalue weighted by atomic mass is 35.5. The lowest BCUT2D eigenvalue weighted by molar-refractivity contribution is 0.424. The normalized spacial score (nSPS) is 11.8. The van der Waals surface area contributed by atoms with Gasteiger partial charge in [0.15, 0.2) is 5.16 Å². The zero-order chi connectivity index (χ0) is 14.8. The molecule has 0 aliphatic rings. The van der Waals surface area contributed by atoms with Crippen LogP contribution in [0.5, 0.6) is 0 Å². The molecule has 2 rings (SSSR count). The quantitative estimate of drug-likeness (QED) is 0.921. The first kappa shape index (κ1) is 15.4. The van der Waals surface area contributed by atoms with Crippen LogP contribution in [0.1, 0.15) is 26.3 Å². The van der Waals surface area contributed by atoms with Gasteiger partial charge in [0, 0.05) is 36.4 Å². The summed E-state index contributed by atoms with van der Waals surface area (Å²) in [5.74, 6) is 0. The Balaban J connectivity index is 2.08. The standard InChI is InChI=1S/C15H20ClN3S/c1-15(2,3)18-10-11-5-6-13(12(16)9-11)20-14-17-7-8-19(14)4/h5-9,18H,10H2,1-4H3. The van der Waals surface area contributed by atoms with E-state index < -0.39 is 0 Å². The van der Waals surface area contributed by atoms with Gasteiger partial charge in [0.05, 0.1) is 5.02 Å². The maximum atomic E-state index is 6.36. The lowest BCUT2D eigenvalue weighted by Gasteiger charge is -2.20. The van der Waals surface area contributed by atoms with E-state index in [0.717, 1.165) is 21.6 Å². The minimum absolute atomic E-state index is 0.104. The van der Waals surface area contributed by atoms with Crippen LogP contribution in [0.3, 0.4) is 0 Å². The minimum Gasteiger partial charge on any atom is -0.329 e. The van der Waals surface area contributed by atoms with E-state index in [1.807, 2.05) is 23.9 Å². The Morgan fingerprint density at radius 2 is 2.10 bits per heavy atom. The molecular weight excluding hydrogens is 290 g/mol. The Morgan fingerprint density at radius 1 is 1.35 bits per heavy atom. The summed E-state index contributed by atoms with van der Waals surface area (Å²) in [6, 6.07) is 6.18. The summed E-state index contributed by atoms with van der Waals surface area (Å²) in [5, 5.41) is 5.16. The first-order valence-electron chi connectivity index (χ1n) is 6.54. The number of aryl methyl sites for hydroxylation is 1. The summed E-state index contributed by atoms with van der Waals surface area (Å²) in [7, 11) is 1.98.